The van der Waals surface area contributed by atoms with Gasteiger partial charge in [-0.25, -0.2) is 0 Å². The topological polar surface area (TPSA) is 100 Å². The normalized spacial score (nSPS) is 14.8. The molecule has 190 valence electrons. The first kappa shape index (κ1) is 23.8. The highest BCUT2D eigenvalue weighted by Gasteiger charge is 2.22. The molecule has 2 aromatic carbocycles. The molecule has 0 spiro atoms. The van der Waals surface area contributed by atoms with E-state index in [1.807, 2.05) is 30.5 Å². The number of aromatic nitrogens is 5. The van der Waals surface area contributed by atoms with E-state index in [4.69, 9.17) is 27.3 Å². The Kier molecular flexibility index (Phi) is 6.22. The van der Waals surface area contributed by atoms with Crippen molar-refractivity contribution in [3.8, 4) is 11.3 Å². The van der Waals surface area contributed by atoms with E-state index in [0.29, 0.717) is 29.4 Å². The number of hydrogen-bond donors (Lipinski definition) is 3. The molecular weight excluding hydrogens is 484 g/mol. The summed E-state index contributed by atoms with van der Waals surface area (Å²) in [5.41, 5.74) is 12.2. The van der Waals surface area contributed by atoms with Gasteiger partial charge in [0.25, 0.3) is 0 Å². The molecule has 3 aromatic heterocycles. The van der Waals surface area contributed by atoms with Crippen molar-refractivity contribution in [2.45, 2.75) is 45.2 Å². The van der Waals surface area contributed by atoms with Gasteiger partial charge in [-0.2, -0.15) is 19.6 Å². The monoisotopic (exact) mass is 514 g/mol. The molecule has 8 nitrogen and oxygen atoms in total. The molecule has 1 saturated heterocycles. The van der Waals surface area contributed by atoms with Crippen LogP contribution in [0.4, 0.5) is 11.9 Å². The summed E-state index contributed by atoms with van der Waals surface area (Å²) < 4.78 is 1.80. The number of halogens is 1. The maximum atomic E-state index is 6.75. The first-order valence-corrected chi connectivity index (χ1v) is 13.2. The van der Waals surface area contributed by atoms with Crippen LogP contribution in [0.15, 0.2) is 54.7 Å². The van der Waals surface area contributed by atoms with Crippen molar-refractivity contribution in [2.75, 3.05) is 23.3 Å². The number of fused-ring (bicyclic) bond motifs is 2. The van der Waals surface area contributed by atoms with Crippen LogP contribution in [0, 0.1) is 0 Å². The molecule has 0 saturated carbocycles. The largest absolute Gasteiger partial charge is 0.355 e. The second kappa shape index (κ2) is 9.68. The maximum absolute atomic E-state index is 6.75. The van der Waals surface area contributed by atoms with E-state index < -0.39 is 0 Å². The van der Waals surface area contributed by atoms with Gasteiger partial charge in [-0.1, -0.05) is 55.8 Å². The lowest BCUT2D eigenvalue weighted by atomic mass is 10.0. The standard InChI is InChI=1S/C28H31ClN8/c1-17(2)21-16-32-37-26(21)34-28(36-12-10-19(30)11-13-36)35-27(37)31-15-22-20(7-5-8-23(22)29)25-14-18-6-3-4-9-24(18)33-25/h3-9,14,16-17,19,33H,10-13,15,30H2,1-2H3,(H,31,34,35). The van der Waals surface area contributed by atoms with Crippen LogP contribution in [0.2, 0.25) is 5.02 Å². The van der Waals surface area contributed by atoms with Crippen LogP contribution in [0.1, 0.15) is 43.7 Å². The second-order valence-corrected chi connectivity index (χ2v) is 10.5. The number of benzene rings is 2. The Bertz CT molecular complexity index is 1530. The summed E-state index contributed by atoms with van der Waals surface area (Å²) in [4.78, 5) is 15.6. The minimum absolute atomic E-state index is 0.238. The van der Waals surface area contributed by atoms with Crippen LogP contribution in [-0.4, -0.2) is 43.7 Å². The molecule has 0 bridgehead atoms. The van der Waals surface area contributed by atoms with E-state index in [2.05, 4.69) is 58.4 Å². The predicted octanol–water partition coefficient (Wildman–Crippen LogP) is 5.59. The molecule has 0 aliphatic carbocycles. The summed E-state index contributed by atoms with van der Waals surface area (Å²) in [6.45, 7) is 6.48. The van der Waals surface area contributed by atoms with Gasteiger partial charge in [-0.05, 0) is 42.5 Å². The van der Waals surface area contributed by atoms with Crippen molar-refractivity contribution >= 4 is 40.0 Å². The van der Waals surface area contributed by atoms with Crippen molar-refractivity contribution in [1.29, 1.82) is 0 Å². The van der Waals surface area contributed by atoms with Crippen molar-refractivity contribution in [1.82, 2.24) is 24.6 Å². The lowest BCUT2D eigenvalue weighted by Crippen LogP contribution is -2.40. The van der Waals surface area contributed by atoms with E-state index >= 15 is 0 Å². The fourth-order valence-electron chi connectivity index (χ4n) is 5.02. The number of nitrogens with one attached hydrogen (secondary N) is 2. The first-order chi connectivity index (χ1) is 18.0. The number of anilines is 2. The zero-order valence-corrected chi connectivity index (χ0v) is 21.8. The van der Waals surface area contributed by atoms with Gasteiger partial charge in [-0.3, -0.25) is 0 Å². The molecule has 0 amide bonds. The van der Waals surface area contributed by atoms with E-state index in [1.165, 1.54) is 0 Å². The van der Waals surface area contributed by atoms with E-state index in [1.54, 1.807) is 4.52 Å². The molecule has 5 aromatic rings. The van der Waals surface area contributed by atoms with Gasteiger partial charge in [-0.15, -0.1) is 0 Å². The molecule has 4 N–H and O–H groups in total. The predicted molar refractivity (Wildman–Crippen MR) is 150 cm³/mol. The number of piperidine rings is 1. The van der Waals surface area contributed by atoms with Crippen LogP contribution < -0.4 is 16.0 Å². The minimum atomic E-state index is 0.238. The maximum Gasteiger partial charge on any atom is 0.230 e. The molecule has 4 heterocycles. The van der Waals surface area contributed by atoms with Crippen LogP contribution in [-0.2, 0) is 6.54 Å². The highest BCUT2D eigenvalue weighted by Crippen LogP contribution is 2.32. The molecule has 37 heavy (non-hydrogen) atoms. The third-order valence-electron chi connectivity index (χ3n) is 7.19. The first-order valence-electron chi connectivity index (χ1n) is 12.8. The van der Waals surface area contributed by atoms with E-state index in [-0.39, 0.29) is 6.04 Å². The Morgan fingerprint density at radius 2 is 1.92 bits per heavy atom. The van der Waals surface area contributed by atoms with Crippen molar-refractivity contribution < 1.29 is 0 Å². The molecular formula is C28H31ClN8. The zero-order chi connectivity index (χ0) is 25.5. The quantitative estimate of drug-likeness (QED) is 0.273. The molecule has 1 aliphatic heterocycles. The Labute approximate surface area is 220 Å². The SMILES string of the molecule is CC(C)c1cnn2c(NCc3c(Cl)cccc3-c3cc4ccccc4[nH]3)nc(N3CCC(N)CC3)nc12. The fraction of sp³-hybridized carbons (Fsp3) is 0.321. The summed E-state index contributed by atoms with van der Waals surface area (Å²) >= 11 is 6.75. The third-order valence-corrected chi connectivity index (χ3v) is 7.54. The second-order valence-electron chi connectivity index (χ2n) is 10.1. The number of nitrogens with zero attached hydrogens (tertiary/aromatic N) is 5. The third kappa shape index (κ3) is 4.51. The Hall–Kier alpha value is -3.62. The minimum Gasteiger partial charge on any atom is -0.355 e. The van der Waals surface area contributed by atoms with Gasteiger partial charge in [0, 0.05) is 58.4 Å². The van der Waals surface area contributed by atoms with Crippen LogP contribution in [0.25, 0.3) is 27.8 Å². The molecule has 0 radical (unpaired) electrons. The number of para-hydroxylation sites is 1. The summed E-state index contributed by atoms with van der Waals surface area (Å²) in [6.07, 6.45) is 3.75. The number of H-pyrrole nitrogens is 1. The number of aromatic amines is 1. The van der Waals surface area contributed by atoms with Crippen molar-refractivity contribution in [3.63, 3.8) is 0 Å². The van der Waals surface area contributed by atoms with Gasteiger partial charge >= 0.3 is 0 Å². The van der Waals surface area contributed by atoms with Gasteiger partial charge in [0.15, 0.2) is 5.65 Å². The molecule has 9 heteroatoms. The van der Waals surface area contributed by atoms with Crippen molar-refractivity contribution in [3.05, 3.63) is 70.9 Å². The fourth-order valence-corrected chi connectivity index (χ4v) is 5.26. The molecule has 0 atom stereocenters. The Morgan fingerprint density at radius 3 is 2.70 bits per heavy atom. The van der Waals surface area contributed by atoms with E-state index in [0.717, 1.165) is 64.9 Å². The number of nitrogens with two attached hydrogens (primary N) is 1. The van der Waals surface area contributed by atoms with Crippen LogP contribution in [0.3, 0.4) is 0 Å². The smallest absolute Gasteiger partial charge is 0.230 e. The summed E-state index contributed by atoms with van der Waals surface area (Å²) in [7, 11) is 0. The average Bonchev–Trinajstić information content (AvgIpc) is 3.53. The molecule has 1 fully saturated rings. The molecule has 1 aliphatic rings. The summed E-state index contributed by atoms with van der Waals surface area (Å²) in [5.74, 6) is 1.64. The van der Waals surface area contributed by atoms with Gasteiger partial charge in [0.1, 0.15) is 0 Å². The average molecular weight is 515 g/mol. The van der Waals surface area contributed by atoms with E-state index in [9.17, 15) is 0 Å². The Balaban J connectivity index is 1.37. The van der Waals surface area contributed by atoms with Crippen molar-refractivity contribution in [2.24, 2.45) is 5.73 Å². The molecule has 0 unspecified atom stereocenters. The highest BCUT2D eigenvalue weighted by molar-refractivity contribution is 6.31. The van der Waals surface area contributed by atoms with Crippen LogP contribution >= 0.6 is 11.6 Å². The number of hydrogen-bond acceptors (Lipinski definition) is 6. The van der Waals surface area contributed by atoms with Gasteiger partial charge < -0.3 is 20.9 Å². The highest BCUT2D eigenvalue weighted by atomic mass is 35.5. The lowest BCUT2D eigenvalue weighted by molar-refractivity contribution is 0.495. The molecule has 6 rings (SSSR count). The lowest BCUT2D eigenvalue weighted by Gasteiger charge is -2.30. The van der Waals surface area contributed by atoms with Crippen LogP contribution in [0.5, 0.6) is 0 Å². The summed E-state index contributed by atoms with van der Waals surface area (Å²) in [6, 6.07) is 16.7. The summed E-state index contributed by atoms with van der Waals surface area (Å²) in [5, 5.41) is 10.0. The van der Waals surface area contributed by atoms with Gasteiger partial charge in [0.2, 0.25) is 11.9 Å². The van der Waals surface area contributed by atoms with Gasteiger partial charge in [0.05, 0.1) is 6.20 Å². The number of rotatable bonds is 6. The Morgan fingerprint density at radius 1 is 1.11 bits per heavy atom. The zero-order valence-electron chi connectivity index (χ0n) is 21.1.